The topological polar surface area (TPSA) is 55.4 Å². The maximum Gasteiger partial charge on any atom is 0.261 e. The van der Waals surface area contributed by atoms with Crippen molar-refractivity contribution in [1.82, 2.24) is 0 Å². The van der Waals surface area contributed by atoms with Crippen LogP contribution < -0.4 is 15.1 Å². The van der Waals surface area contributed by atoms with Gasteiger partial charge < -0.3 is 28.1 Å². The zero-order valence-corrected chi connectivity index (χ0v) is 28.1. The van der Waals surface area contributed by atoms with Crippen LogP contribution in [0.3, 0.4) is 0 Å². The van der Waals surface area contributed by atoms with Gasteiger partial charge in [0.15, 0.2) is 0 Å². The van der Waals surface area contributed by atoms with Crippen molar-refractivity contribution in [3.63, 3.8) is 0 Å². The van der Waals surface area contributed by atoms with Crippen molar-refractivity contribution >= 4 is 18.7 Å². The van der Waals surface area contributed by atoms with Crippen molar-refractivity contribution in [3.8, 4) is 5.75 Å². The van der Waals surface area contributed by atoms with Crippen LogP contribution in [0.15, 0.2) is 110 Å². The van der Waals surface area contributed by atoms with Crippen LogP contribution in [0.25, 0.3) is 0 Å². The molecule has 1 fully saturated rings. The van der Waals surface area contributed by atoms with Crippen LogP contribution in [0, 0.1) is 0 Å². The summed E-state index contributed by atoms with van der Waals surface area (Å²) in [6.45, 7) is 18.1. The fourth-order valence-corrected chi connectivity index (χ4v) is 10.8. The first kappa shape index (κ1) is 33.8. The molecule has 3 aromatic rings. The van der Waals surface area contributed by atoms with Crippen LogP contribution in [0.4, 0.5) is 0 Å². The number of benzene rings is 3. The average Bonchev–Trinajstić information content (AvgIpc) is 3.03. The van der Waals surface area contributed by atoms with Gasteiger partial charge >= 0.3 is 0 Å². The van der Waals surface area contributed by atoms with E-state index in [4.69, 9.17) is 28.1 Å². The highest BCUT2D eigenvalue weighted by atomic mass is 28.4. The van der Waals surface area contributed by atoms with E-state index in [-0.39, 0.29) is 17.9 Å². The summed E-state index contributed by atoms with van der Waals surface area (Å²) >= 11 is 0. The molecule has 3 aromatic carbocycles. The molecular weight excluding hydrogens is 568 g/mol. The highest BCUT2D eigenvalue weighted by Crippen LogP contribution is 2.42. The Hall–Kier alpha value is -3.04. The molecule has 6 nitrogen and oxygen atoms in total. The maximum atomic E-state index is 7.27. The Labute approximate surface area is 264 Å². The molecule has 236 valence electrons. The molecule has 0 saturated carbocycles. The molecular formula is C37H48O6Si. The van der Waals surface area contributed by atoms with Gasteiger partial charge in [0.25, 0.3) is 8.32 Å². The molecule has 0 radical (unpaired) electrons. The van der Waals surface area contributed by atoms with E-state index in [1.807, 2.05) is 49.4 Å². The summed E-state index contributed by atoms with van der Waals surface area (Å²) in [4.78, 5) is 0. The fraction of sp³-hybridized carbons (Fsp3) is 0.405. The van der Waals surface area contributed by atoms with E-state index < -0.39 is 26.1 Å². The zero-order valence-electron chi connectivity index (χ0n) is 27.1. The van der Waals surface area contributed by atoms with Crippen LogP contribution >= 0.6 is 0 Å². The van der Waals surface area contributed by atoms with Gasteiger partial charge in [0, 0.05) is 7.11 Å². The van der Waals surface area contributed by atoms with Crippen molar-refractivity contribution < 1.29 is 28.1 Å². The van der Waals surface area contributed by atoms with Crippen LogP contribution in [-0.4, -0.2) is 59.8 Å². The van der Waals surface area contributed by atoms with Gasteiger partial charge in [-0.25, -0.2) is 0 Å². The zero-order chi connectivity index (χ0) is 31.8. The lowest BCUT2D eigenvalue weighted by Crippen LogP contribution is -2.68. The van der Waals surface area contributed by atoms with E-state index in [1.54, 1.807) is 14.2 Å². The SMILES string of the molecule is C=CC[C@H]1O[C@H](CO[Si](c2ccccc2)(c2ccccc2)C(C)(C)C)C(=C)[C@@](C)(OCOC)[C@H]1OCc1ccc(OC)cc1. The van der Waals surface area contributed by atoms with Gasteiger partial charge in [-0.05, 0) is 52.0 Å². The molecule has 0 aromatic heterocycles. The predicted octanol–water partition coefficient (Wildman–Crippen LogP) is 6.44. The first-order valence-electron chi connectivity index (χ1n) is 15.2. The second-order valence-electron chi connectivity index (χ2n) is 12.4. The molecule has 4 rings (SSSR count). The van der Waals surface area contributed by atoms with E-state index in [2.05, 4.69) is 82.5 Å². The molecule has 0 unspecified atom stereocenters. The highest BCUT2D eigenvalue weighted by Gasteiger charge is 2.54. The van der Waals surface area contributed by atoms with Crippen molar-refractivity contribution in [3.05, 3.63) is 115 Å². The first-order chi connectivity index (χ1) is 21.1. The standard InChI is InChI=1S/C37H48O6Si/c1-9-16-33-35(40-25-29-21-23-30(39-8)24-22-29)37(6,41-27-38-7)28(2)34(43-33)26-42-44(36(3,4)5,31-17-12-10-13-18-31)32-19-14-11-15-20-32/h9-15,17-24,33-35H,1-2,16,25-27H2,3-8H3/t33-,34-,35+,37-/m1/s1. The Kier molecular flexibility index (Phi) is 11.4. The summed E-state index contributed by atoms with van der Waals surface area (Å²) in [5.74, 6) is 0.796. The average molecular weight is 617 g/mol. The van der Waals surface area contributed by atoms with Gasteiger partial charge in [0.05, 0.1) is 26.4 Å². The minimum atomic E-state index is -2.81. The summed E-state index contributed by atoms with van der Waals surface area (Å²) in [5, 5.41) is 2.25. The lowest BCUT2D eigenvalue weighted by Gasteiger charge is -2.50. The largest absolute Gasteiger partial charge is 0.497 e. The second-order valence-corrected chi connectivity index (χ2v) is 16.7. The van der Waals surface area contributed by atoms with Gasteiger partial charge in [-0.3, -0.25) is 0 Å². The van der Waals surface area contributed by atoms with Crippen LogP contribution in [0.2, 0.25) is 5.04 Å². The Bertz CT molecular complexity index is 1300. The molecule has 44 heavy (non-hydrogen) atoms. The van der Waals surface area contributed by atoms with E-state index in [0.29, 0.717) is 19.6 Å². The fourth-order valence-electron chi connectivity index (χ4n) is 6.20. The molecule has 1 heterocycles. The predicted molar refractivity (Wildman–Crippen MR) is 179 cm³/mol. The summed E-state index contributed by atoms with van der Waals surface area (Å²) in [7, 11) is 0.463. The number of hydrogen-bond donors (Lipinski definition) is 0. The summed E-state index contributed by atoms with van der Waals surface area (Å²) in [5.41, 5.74) is 0.862. The van der Waals surface area contributed by atoms with Crippen molar-refractivity contribution in [2.45, 2.75) is 69.7 Å². The minimum Gasteiger partial charge on any atom is -0.497 e. The molecule has 0 aliphatic carbocycles. The third-order valence-electron chi connectivity index (χ3n) is 8.58. The molecule has 1 aliphatic rings. The molecule has 0 bridgehead atoms. The number of hydrogen-bond acceptors (Lipinski definition) is 6. The van der Waals surface area contributed by atoms with Gasteiger partial charge in [-0.15, -0.1) is 6.58 Å². The molecule has 1 saturated heterocycles. The van der Waals surface area contributed by atoms with E-state index in [1.165, 1.54) is 10.4 Å². The quantitative estimate of drug-likeness (QED) is 0.118. The highest BCUT2D eigenvalue weighted by molar-refractivity contribution is 6.99. The molecule has 0 amide bonds. The van der Waals surface area contributed by atoms with Gasteiger partial charge in [0.2, 0.25) is 0 Å². The van der Waals surface area contributed by atoms with E-state index >= 15 is 0 Å². The Balaban J connectivity index is 1.67. The lowest BCUT2D eigenvalue weighted by atomic mass is 9.80. The van der Waals surface area contributed by atoms with Crippen LogP contribution in [0.5, 0.6) is 5.75 Å². The molecule has 0 N–H and O–H groups in total. The van der Waals surface area contributed by atoms with Crippen LogP contribution in [0.1, 0.15) is 39.7 Å². The summed E-state index contributed by atoms with van der Waals surface area (Å²) in [6, 6.07) is 29.1. The lowest BCUT2D eigenvalue weighted by molar-refractivity contribution is -0.237. The van der Waals surface area contributed by atoms with E-state index in [9.17, 15) is 0 Å². The molecule has 1 aliphatic heterocycles. The first-order valence-corrected chi connectivity index (χ1v) is 17.1. The van der Waals surface area contributed by atoms with Crippen molar-refractivity contribution in [2.24, 2.45) is 0 Å². The summed E-state index contributed by atoms with van der Waals surface area (Å²) in [6.07, 6.45) is 1.19. The van der Waals surface area contributed by atoms with E-state index in [0.717, 1.165) is 16.9 Å². The third kappa shape index (κ3) is 7.09. The molecule has 7 heteroatoms. The number of rotatable bonds is 14. The van der Waals surface area contributed by atoms with Crippen LogP contribution in [-0.2, 0) is 30.0 Å². The minimum absolute atomic E-state index is 0.0843. The molecule has 4 atom stereocenters. The van der Waals surface area contributed by atoms with Crippen molar-refractivity contribution in [2.75, 3.05) is 27.6 Å². The smallest absolute Gasteiger partial charge is 0.261 e. The Morgan fingerprint density at radius 2 is 1.50 bits per heavy atom. The Morgan fingerprint density at radius 3 is 2.00 bits per heavy atom. The van der Waals surface area contributed by atoms with Gasteiger partial charge in [-0.2, -0.15) is 0 Å². The second kappa shape index (κ2) is 14.8. The Morgan fingerprint density at radius 1 is 0.909 bits per heavy atom. The normalized spacial score (nSPS) is 22.5. The summed E-state index contributed by atoms with van der Waals surface area (Å²) < 4.78 is 37.8. The number of ether oxygens (including phenoxy) is 5. The monoisotopic (exact) mass is 616 g/mol. The third-order valence-corrected chi connectivity index (χ3v) is 13.6. The molecule has 0 spiro atoms. The maximum absolute atomic E-state index is 7.27. The van der Waals surface area contributed by atoms with Gasteiger partial charge in [-0.1, -0.05) is 106 Å². The van der Waals surface area contributed by atoms with Crippen molar-refractivity contribution in [1.29, 1.82) is 0 Å². The number of methoxy groups -OCH3 is 2. The van der Waals surface area contributed by atoms with Gasteiger partial charge in [0.1, 0.15) is 30.4 Å².